The van der Waals surface area contributed by atoms with E-state index in [0.29, 0.717) is 23.2 Å². The number of fused-ring (bicyclic) bond motifs is 3. The fourth-order valence-electron chi connectivity index (χ4n) is 3.27. The van der Waals surface area contributed by atoms with E-state index in [9.17, 15) is 4.79 Å². The number of benzene rings is 1. The molecule has 1 amide bonds. The first-order valence-corrected chi connectivity index (χ1v) is 7.03. The van der Waals surface area contributed by atoms with Crippen molar-refractivity contribution in [3.05, 3.63) is 29.3 Å². The normalized spacial score (nSPS) is 29.2. The summed E-state index contributed by atoms with van der Waals surface area (Å²) in [7, 11) is 0. The Kier molecular flexibility index (Phi) is 3.19. The van der Waals surface area contributed by atoms with Gasteiger partial charge in [0, 0.05) is 23.8 Å². The molecule has 3 N–H and O–H groups in total. The molecular weight excluding hydrogens is 238 g/mol. The second-order valence-corrected chi connectivity index (χ2v) is 5.74. The molecule has 1 aromatic carbocycles. The monoisotopic (exact) mass is 259 g/mol. The summed E-state index contributed by atoms with van der Waals surface area (Å²) in [5, 5.41) is 3.20. The largest absolute Gasteiger partial charge is 0.398 e. The molecule has 4 rings (SSSR count). The number of anilines is 1. The molecule has 1 aromatic rings. The van der Waals surface area contributed by atoms with Gasteiger partial charge in [-0.15, -0.1) is 0 Å². The number of nitrogen functional groups attached to an aromatic ring is 1. The molecule has 1 unspecified atom stereocenters. The quantitative estimate of drug-likeness (QED) is 0.789. The van der Waals surface area contributed by atoms with Crippen LogP contribution in [0.25, 0.3) is 0 Å². The summed E-state index contributed by atoms with van der Waals surface area (Å²) in [5.41, 5.74) is 8.13. The summed E-state index contributed by atoms with van der Waals surface area (Å²) < 4.78 is 0. The summed E-state index contributed by atoms with van der Waals surface area (Å²) in [6, 6.07) is 5.83. The topological polar surface area (TPSA) is 58.4 Å². The number of amides is 1. The molecular formula is C15H21N3O. The molecule has 0 saturated carbocycles. The Labute approximate surface area is 114 Å². The molecule has 19 heavy (non-hydrogen) atoms. The molecule has 0 aliphatic carbocycles. The van der Waals surface area contributed by atoms with Crippen LogP contribution in [0.15, 0.2) is 18.2 Å². The van der Waals surface area contributed by atoms with Crippen LogP contribution in [-0.4, -0.2) is 36.5 Å². The predicted octanol–water partition coefficient (Wildman–Crippen LogP) is 1.40. The van der Waals surface area contributed by atoms with Gasteiger partial charge in [-0.25, -0.2) is 0 Å². The van der Waals surface area contributed by atoms with E-state index >= 15 is 0 Å². The summed E-state index contributed by atoms with van der Waals surface area (Å²) in [5.74, 6) is 0.666. The summed E-state index contributed by atoms with van der Waals surface area (Å²) >= 11 is 0. The molecule has 3 heterocycles. The molecule has 1 atom stereocenters. The van der Waals surface area contributed by atoms with E-state index in [0.717, 1.165) is 12.1 Å². The minimum Gasteiger partial charge on any atom is -0.398 e. The highest BCUT2D eigenvalue weighted by Gasteiger charge is 2.35. The molecule has 4 nitrogen and oxygen atoms in total. The number of carbonyl (C=O) groups excluding carboxylic acids is 1. The SMILES string of the molecule is Cc1c(N)cccc1C(=O)NC1CN2CCC1CC2. The lowest BCUT2D eigenvalue weighted by Gasteiger charge is -2.45. The highest BCUT2D eigenvalue weighted by molar-refractivity contribution is 5.97. The van der Waals surface area contributed by atoms with Crippen LogP contribution in [0, 0.1) is 12.8 Å². The third-order valence-electron chi connectivity index (χ3n) is 4.59. The summed E-state index contributed by atoms with van der Waals surface area (Å²) in [6.07, 6.45) is 2.42. The number of piperidine rings is 3. The van der Waals surface area contributed by atoms with Crippen LogP contribution in [0.2, 0.25) is 0 Å². The minimum atomic E-state index is 0.0172. The van der Waals surface area contributed by atoms with Crippen molar-refractivity contribution in [1.82, 2.24) is 10.2 Å². The molecule has 3 aliphatic heterocycles. The Morgan fingerprint density at radius 1 is 1.37 bits per heavy atom. The number of hydrogen-bond acceptors (Lipinski definition) is 3. The van der Waals surface area contributed by atoms with Gasteiger partial charge in [0.25, 0.3) is 5.91 Å². The first-order chi connectivity index (χ1) is 9.15. The molecule has 3 fully saturated rings. The lowest BCUT2D eigenvalue weighted by molar-refractivity contribution is 0.0620. The van der Waals surface area contributed by atoms with Crippen LogP contribution < -0.4 is 11.1 Å². The molecule has 0 aromatic heterocycles. The van der Waals surface area contributed by atoms with E-state index in [4.69, 9.17) is 5.73 Å². The third-order valence-corrected chi connectivity index (χ3v) is 4.59. The van der Waals surface area contributed by atoms with Crippen molar-refractivity contribution in [1.29, 1.82) is 0 Å². The Morgan fingerprint density at radius 3 is 2.74 bits per heavy atom. The average Bonchev–Trinajstić information content (AvgIpc) is 2.43. The maximum absolute atomic E-state index is 12.4. The van der Waals surface area contributed by atoms with Gasteiger partial charge in [0.1, 0.15) is 0 Å². The average molecular weight is 259 g/mol. The Hall–Kier alpha value is -1.55. The van der Waals surface area contributed by atoms with E-state index < -0.39 is 0 Å². The Balaban J connectivity index is 1.73. The van der Waals surface area contributed by atoms with E-state index in [2.05, 4.69) is 10.2 Å². The first kappa shape index (κ1) is 12.5. The van der Waals surface area contributed by atoms with Gasteiger partial charge in [0.2, 0.25) is 0 Å². The minimum absolute atomic E-state index is 0.0172. The van der Waals surface area contributed by atoms with E-state index in [1.54, 1.807) is 0 Å². The predicted molar refractivity (Wildman–Crippen MR) is 76.0 cm³/mol. The van der Waals surface area contributed by atoms with Crippen LogP contribution >= 0.6 is 0 Å². The number of carbonyl (C=O) groups is 1. The number of rotatable bonds is 2. The standard InChI is InChI=1S/C15H21N3O/c1-10-12(3-2-4-13(10)16)15(19)17-14-9-18-7-5-11(14)6-8-18/h2-4,11,14H,5-9,16H2,1H3,(H,17,19). The van der Waals surface area contributed by atoms with Crippen molar-refractivity contribution in [2.75, 3.05) is 25.4 Å². The fraction of sp³-hybridized carbons (Fsp3) is 0.533. The van der Waals surface area contributed by atoms with Crippen LogP contribution in [0.4, 0.5) is 5.69 Å². The number of nitrogens with zero attached hydrogens (tertiary/aromatic N) is 1. The van der Waals surface area contributed by atoms with Crippen molar-refractivity contribution in [2.24, 2.45) is 5.92 Å². The van der Waals surface area contributed by atoms with Crippen molar-refractivity contribution < 1.29 is 4.79 Å². The van der Waals surface area contributed by atoms with Gasteiger partial charge in [0.05, 0.1) is 0 Å². The van der Waals surface area contributed by atoms with Crippen LogP contribution in [0.5, 0.6) is 0 Å². The zero-order valence-corrected chi connectivity index (χ0v) is 11.4. The van der Waals surface area contributed by atoms with Crippen molar-refractivity contribution in [3.63, 3.8) is 0 Å². The van der Waals surface area contributed by atoms with Gasteiger partial charge in [0.15, 0.2) is 0 Å². The molecule has 0 radical (unpaired) electrons. The van der Waals surface area contributed by atoms with Crippen molar-refractivity contribution in [3.8, 4) is 0 Å². The van der Waals surface area contributed by atoms with E-state index in [1.165, 1.54) is 25.9 Å². The molecule has 0 spiro atoms. The lowest BCUT2D eigenvalue weighted by atomic mass is 9.84. The first-order valence-electron chi connectivity index (χ1n) is 7.03. The van der Waals surface area contributed by atoms with Gasteiger partial charge in [-0.2, -0.15) is 0 Å². The highest BCUT2D eigenvalue weighted by Crippen LogP contribution is 2.28. The van der Waals surface area contributed by atoms with Gasteiger partial charge >= 0.3 is 0 Å². The zero-order valence-electron chi connectivity index (χ0n) is 11.4. The summed E-state index contributed by atoms with van der Waals surface area (Å²) in [4.78, 5) is 14.8. The maximum atomic E-state index is 12.4. The lowest BCUT2D eigenvalue weighted by Crippen LogP contribution is -2.57. The van der Waals surface area contributed by atoms with Gasteiger partial charge in [-0.1, -0.05) is 6.07 Å². The van der Waals surface area contributed by atoms with Crippen molar-refractivity contribution in [2.45, 2.75) is 25.8 Å². The third kappa shape index (κ3) is 2.32. The van der Waals surface area contributed by atoms with Crippen molar-refractivity contribution >= 4 is 11.6 Å². The van der Waals surface area contributed by atoms with E-state index in [1.807, 2.05) is 25.1 Å². The molecule has 4 heteroatoms. The number of nitrogens with two attached hydrogens (primary N) is 1. The summed E-state index contributed by atoms with van der Waals surface area (Å²) in [6.45, 7) is 5.28. The van der Waals surface area contributed by atoms with Gasteiger partial charge in [-0.05, 0) is 56.5 Å². The van der Waals surface area contributed by atoms with Gasteiger partial charge < -0.3 is 16.0 Å². The Morgan fingerprint density at radius 2 is 2.11 bits per heavy atom. The highest BCUT2D eigenvalue weighted by atomic mass is 16.1. The van der Waals surface area contributed by atoms with Crippen LogP contribution in [0.1, 0.15) is 28.8 Å². The smallest absolute Gasteiger partial charge is 0.251 e. The zero-order chi connectivity index (χ0) is 13.4. The number of hydrogen-bond donors (Lipinski definition) is 2. The Bertz CT molecular complexity index is 492. The number of nitrogens with one attached hydrogen (secondary N) is 1. The van der Waals surface area contributed by atoms with E-state index in [-0.39, 0.29) is 5.91 Å². The fourth-order valence-corrected chi connectivity index (χ4v) is 3.27. The van der Waals surface area contributed by atoms with Crippen LogP contribution in [0.3, 0.4) is 0 Å². The van der Waals surface area contributed by atoms with Gasteiger partial charge in [-0.3, -0.25) is 4.79 Å². The molecule has 3 saturated heterocycles. The molecule has 2 bridgehead atoms. The molecule has 102 valence electrons. The second-order valence-electron chi connectivity index (χ2n) is 5.74. The molecule has 3 aliphatic rings. The maximum Gasteiger partial charge on any atom is 0.251 e. The van der Waals surface area contributed by atoms with Crippen LogP contribution in [-0.2, 0) is 0 Å². The second kappa shape index (κ2) is 4.85.